The molecule has 1 heterocycles. The van der Waals surface area contributed by atoms with Gasteiger partial charge in [-0.05, 0) is 24.4 Å². The number of rotatable bonds is 0. The zero-order valence-corrected chi connectivity index (χ0v) is 6.35. The summed E-state index contributed by atoms with van der Waals surface area (Å²) in [5, 5.41) is 0.283. The molecule has 1 aromatic rings. The second-order valence-corrected chi connectivity index (χ2v) is 2.59. The molecule has 2 rings (SSSR count). The van der Waals surface area contributed by atoms with E-state index in [0.29, 0.717) is 5.56 Å². The zero-order chi connectivity index (χ0) is 7.84. The van der Waals surface area contributed by atoms with E-state index in [0.717, 1.165) is 5.56 Å². The van der Waals surface area contributed by atoms with Gasteiger partial charge in [0, 0.05) is 5.56 Å². The van der Waals surface area contributed by atoms with Gasteiger partial charge < -0.3 is 4.74 Å². The second kappa shape index (κ2) is 2.13. The van der Waals surface area contributed by atoms with Crippen molar-refractivity contribution in [2.24, 2.45) is 0 Å². The van der Waals surface area contributed by atoms with Crippen LogP contribution in [-0.4, -0.2) is 11.0 Å². The number of hydrogen-bond donors (Lipinski definition) is 0. The lowest BCUT2D eigenvalue weighted by molar-refractivity contribution is 0.0742. The molecular weight excluding hydrogens is 160 g/mol. The van der Waals surface area contributed by atoms with Crippen molar-refractivity contribution in [1.29, 1.82) is 0 Å². The van der Waals surface area contributed by atoms with Gasteiger partial charge in [-0.1, -0.05) is 12.1 Å². The Labute approximate surface area is 68.8 Å². The van der Waals surface area contributed by atoms with E-state index < -0.39 is 0 Å². The van der Waals surface area contributed by atoms with Crippen LogP contribution in [0.25, 0.3) is 0 Å². The Balaban J connectivity index is 2.69. The van der Waals surface area contributed by atoms with E-state index >= 15 is 0 Å². The summed E-state index contributed by atoms with van der Waals surface area (Å²) < 4.78 is 4.72. The largest absolute Gasteiger partial charge is 0.410 e. The summed E-state index contributed by atoms with van der Waals surface area (Å²) in [5.74, 6) is -0.342. The maximum absolute atomic E-state index is 11.0. The third kappa shape index (κ3) is 0.851. The molecule has 0 bridgehead atoms. The van der Waals surface area contributed by atoms with E-state index in [2.05, 4.69) is 0 Å². The van der Waals surface area contributed by atoms with Crippen LogP contribution in [0.1, 0.15) is 15.9 Å². The summed E-state index contributed by atoms with van der Waals surface area (Å²) in [6.07, 6.45) is 0. The number of carbonyl (C=O) groups excluding carboxylic acids is 1. The number of esters is 1. The van der Waals surface area contributed by atoms with Crippen LogP contribution < -0.4 is 0 Å². The standard InChI is InChI=1S/C8H4O2S/c9-7-5-3-1-2-4-6(5)8(11)10-7/h1-4H. The summed E-state index contributed by atoms with van der Waals surface area (Å²) in [5.41, 5.74) is 1.30. The minimum atomic E-state index is -0.342. The van der Waals surface area contributed by atoms with E-state index in [1.54, 1.807) is 18.2 Å². The molecule has 0 fully saturated rings. The van der Waals surface area contributed by atoms with Gasteiger partial charge in [0.1, 0.15) is 0 Å². The average Bonchev–Trinajstić information content (AvgIpc) is 2.30. The lowest BCUT2D eigenvalue weighted by Gasteiger charge is -1.88. The summed E-state index contributed by atoms with van der Waals surface area (Å²) in [6, 6.07) is 7.10. The van der Waals surface area contributed by atoms with Gasteiger partial charge in [-0.3, -0.25) is 0 Å². The first-order valence-corrected chi connectivity index (χ1v) is 3.55. The third-order valence-electron chi connectivity index (χ3n) is 1.55. The minimum Gasteiger partial charge on any atom is -0.410 e. The first kappa shape index (κ1) is 6.49. The minimum absolute atomic E-state index is 0.283. The Morgan fingerprint density at radius 3 is 2.45 bits per heavy atom. The van der Waals surface area contributed by atoms with Crippen molar-refractivity contribution in [3.63, 3.8) is 0 Å². The molecule has 0 atom stereocenters. The molecule has 0 aliphatic carbocycles. The molecular formula is C8H4O2S. The lowest BCUT2D eigenvalue weighted by Crippen LogP contribution is -1.95. The molecule has 1 aliphatic rings. The van der Waals surface area contributed by atoms with Gasteiger partial charge in [-0.15, -0.1) is 0 Å². The predicted molar refractivity (Wildman–Crippen MR) is 43.6 cm³/mol. The monoisotopic (exact) mass is 164 g/mol. The Bertz CT molecular complexity index is 311. The third-order valence-corrected chi connectivity index (χ3v) is 1.86. The van der Waals surface area contributed by atoms with Crippen LogP contribution in [0.2, 0.25) is 0 Å². The Morgan fingerprint density at radius 2 is 1.82 bits per heavy atom. The Morgan fingerprint density at radius 1 is 1.18 bits per heavy atom. The summed E-state index contributed by atoms with van der Waals surface area (Å²) in [4.78, 5) is 11.0. The molecule has 0 N–H and O–H groups in total. The molecule has 0 saturated carbocycles. The summed E-state index contributed by atoms with van der Waals surface area (Å²) >= 11 is 4.81. The number of carbonyl (C=O) groups is 1. The van der Waals surface area contributed by atoms with Crippen LogP contribution in [0, 0.1) is 0 Å². The van der Waals surface area contributed by atoms with Gasteiger partial charge >= 0.3 is 5.97 Å². The smallest absolute Gasteiger partial charge is 0.345 e. The number of hydrogen-bond acceptors (Lipinski definition) is 3. The Kier molecular flexibility index (Phi) is 1.26. The van der Waals surface area contributed by atoms with Crippen LogP contribution in [-0.2, 0) is 4.74 Å². The zero-order valence-electron chi connectivity index (χ0n) is 5.53. The molecule has 3 heteroatoms. The van der Waals surface area contributed by atoms with Crippen LogP contribution in [0.4, 0.5) is 0 Å². The number of ether oxygens (including phenoxy) is 1. The van der Waals surface area contributed by atoms with E-state index in [-0.39, 0.29) is 11.0 Å². The number of cyclic esters (lactones) is 1. The molecule has 11 heavy (non-hydrogen) atoms. The van der Waals surface area contributed by atoms with Crippen molar-refractivity contribution in [3.05, 3.63) is 35.4 Å². The molecule has 0 radical (unpaired) electrons. The number of thiocarbonyl (C=S) groups is 1. The lowest BCUT2D eigenvalue weighted by atomic mass is 10.1. The summed E-state index contributed by atoms with van der Waals surface area (Å²) in [7, 11) is 0. The van der Waals surface area contributed by atoms with E-state index in [9.17, 15) is 4.79 Å². The van der Waals surface area contributed by atoms with Crippen LogP contribution in [0.15, 0.2) is 24.3 Å². The average molecular weight is 164 g/mol. The van der Waals surface area contributed by atoms with Crippen LogP contribution >= 0.6 is 12.2 Å². The van der Waals surface area contributed by atoms with Crippen molar-refractivity contribution in [2.75, 3.05) is 0 Å². The van der Waals surface area contributed by atoms with Crippen molar-refractivity contribution in [2.45, 2.75) is 0 Å². The Hall–Kier alpha value is -1.22. The molecule has 0 amide bonds. The van der Waals surface area contributed by atoms with E-state index in [1.807, 2.05) is 6.07 Å². The van der Waals surface area contributed by atoms with Crippen molar-refractivity contribution in [3.8, 4) is 0 Å². The molecule has 54 valence electrons. The van der Waals surface area contributed by atoms with Gasteiger partial charge in [-0.25, -0.2) is 4.79 Å². The van der Waals surface area contributed by atoms with Gasteiger partial charge in [0.25, 0.3) is 0 Å². The molecule has 1 aliphatic heterocycles. The fourth-order valence-corrected chi connectivity index (χ4v) is 1.29. The highest BCUT2D eigenvalue weighted by molar-refractivity contribution is 7.80. The second-order valence-electron chi connectivity index (χ2n) is 2.22. The quantitative estimate of drug-likeness (QED) is 0.429. The van der Waals surface area contributed by atoms with Crippen molar-refractivity contribution < 1.29 is 9.53 Å². The fourth-order valence-electron chi connectivity index (χ4n) is 1.03. The molecule has 2 nitrogen and oxygen atoms in total. The normalized spacial score (nSPS) is 14.5. The molecule has 0 spiro atoms. The molecule has 0 unspecified atom stereocenters. The predicted octanol–water partition coefficient (Wildman–Crippen LogP) is 1.53. The first-order valence-electron chi connectivity index (χ1n) is 3.14. The number of benzene rings is 1. The van der Waals surface area contributed by atoms with E-state index in [4.69, 9.17) is 17.0 Å². The topological polar surface area (TPSA) is 26.3 Å². The maximum atomic E-state index is 11.0. The van der Waals surface area contributed by atoms with Gasteiger partial charge in [0.05, 0.1) is 5.56 Å². The highest BCUT2D eigenvalue weighted by atomic mass is 32.1. The highest BCUT2D eigenvalue weighted by Gasteiger charge is 2.24. The van der Waals surface area contributed by atoms with E-state index in [1.165, 1.54) is 0 Å². The van der Waals surface area contributed by atoms with Crippen molar-refractivity contribution >= 4 is 23.2 Å². The molecule has 0 aromatic heterocycles. The van der Waals surface area contributed by atoms with Crippen molar-refractivity contribution in [1.82, 2.24) is 0 Å². The fraction of sp³-hybridized carbons (Fsp3) is 0. The number of fused-ring (bicyclic) bond motifs is 1. The molecule has 1 aromatic carbocycles. The summed E-state index contributed by atoms with van der Waals surface area (Å²) in [6.45, 7) is 0. The van der Waals surface area contributed by atoms with Gasteiger partial charge in [0.15, 0.2) is 0 Å². The SMILES string of the molecule is O=C1OC(=S)c2ccccc21. The van der Waals surface area contributed by atoms with Gasteiger partial charge in [-0.2, -0.15) is 0 Å². The molecule has 0 saturated heterocycles. The van der Waals surface area contributed by atoms with Crippen LogP contribution in [0.5, 0.6) is 0 Å². The highest BCUT2D eigenvalue weighted by Crippen LogP contribution is 2.19. The van der Waals surface area contributed by atoms with Crippen LogP contribution in [0.3, 0.4) is 0 Å². The van der Waals surface area contributed by atoms with Gasteiger partial charge in [0.2, 0.25) is 5.05 Å². The maximum Gasteiger partial charge on any atom is 0.345 e. The first-order chi connectivity index (χ1) is 5.29.